The number of aliphatic hydroxyl groups is 1. The van der Waals surface area contributed by atoms with E-state index in [9.17, 15) is 4.79 Å². The fourth-order valence-electron chi connectivity index (χ4n) is 2.72. The lowest BCUT2D eigenvalue weighted by Crippen LogP contribution is -2.32. The summed E-state index contributed by atoms with van der Waals surface area (Å²) in [6.07, 6.45) is 5.54. The monoisotopic (exact) mass is 241 g/mol. The number of rotatable bonds is 5. The van der Waals surface area contributed by atoms with Crippen molar-refractivity contribution in [3.05, 3.63) is 0 Å². The molecule has 2 unspecified atom stereocenters. The van der Waals surface area contributed by atoms with Gasteiger partial charge in [-0.1, -0.05) is 27.2 Å². The normalized spacial score (nSPS) is 25.3. The first-order valence-corrected chi connectivity index (χ1v) is 6.80. The second kappa shape index (κ2) is 6.39. The minimum atomic E-state index is 0.136. The number of hydrogen-bond donors (Lipinski definition) is 2. The molecule has 3 nitrogen and oxygen atoms in total. The van der Waals surface area contributed by atoms with E-state index in [0.29, 0.717) is 24.3 Å². The first-order valence-electron chi connectivity index (χ1n) is 6.80. The lowest BCUT2D eigenvalue weighted by molar-refractivity contribution is -0.122. The third-order valence-corrected chi connectivity index (χ3v) is 3.74. The van der Waals surface area contributed by atoms with Crippen molar-refractivity contribution in [2.45, 2.75) is 52.9 Å². The molecule has 0 aromatic rings. The average molecular weight is 241 g/mol. The van der Waals surface area contributed by atoms with Crippen molar-refractivity contribution >= 4 is 5.91 Å². The van der Waals surface area contributed by atoms with Crippen LogP contribution < -0.4 is 5.32 Å². The van der Waals surface area contributed by atoms with E-state index in [0.717, 1.165) is 6.42 Å². The Morgan fingerprint density at radius 2 is 2.24 bits per heavy atom. The van der Waals surface area contributed by atoms with Crippen LogP contribution in [0.1, 0.15) is 52.9 Å². The van der Waals surface area contributed by atoms with Crippen LogP contribution in [0.3, 0.4) is 0 Å². The molecule has 0 aromatic carbocycles. The van der Waals surface area contributed by atoms with E-state index in [2.05, 4.69) is 19.2 Å². The van der Waals surface area contributed by atoms with Gasteiger partial charge in [0.15, 0.2) is 0 Å². The Labute approximate surface area is 105 Å². The van der Waals surface area contributed by atoms with Crippen LogP contribution in [0.2, 0.25) is 0 Å². The molecule has 1 amide bonds. The number of carbonyl (C=O) groups excluding carboxylic acids is 1. The van der Waals surface area contributed by atoms with Gasteiger partial charge in [-0.05, 0) is 36.5 Å². The van der Waals surface area contributed by atoms with Gasteiger partial charge in [-0.25, -0.2) is 0 Å². The molecule has 1 rings (SSSR count). The minimum absolute atomic E-state index is 0.136. The smallest absolute Gasteiger partial charge is 0.220 e. The highest BCUT2D eigenvalue weighted by Gasteiger charge is 2.28. The number of carbonyl (C=O) groups is 1. The second-order valence-corrected chi connectivity index (χ2v) is 6.42. The third-order valence-electron chi connectivity index (χ3n) is 3.74. The summed E-state index contributed by atoms with van der Waals surface area (Å²) in [6, 6.07) is 0. The van der Waals surface area contributed by atoms with Crippen molar-refractivity contribution < 1.29 is 9.90 Å². The van der Waals surface area contributed by atoms with Gasteiger partial charge >= 0.3 is 0 Å². The Morgan fingerprint density at radius 1 is 1.53 bits per heavy atom. The maximum atomic E-state index is 11.7. The predicted molar refractivity (Wildman–Crippen MR) is 69.6 cm³/mol. The van der Waals surface area contributed by atoms with E-state index < -0.39 is 0 Å². The minimum Gasteiger partial charge on any atom is -0.396 e. The summed E-state index contributed by atoms with van der Waals surface area (Å²) in [4.78, 5) is 11.7. The van der Waals surface area contributed by atoms with Crippen LogP contribution in [-0.4, -0.2) is 24.2 Å². The van der Waals surface area contributed by atoms with Crippen LogP contribution in [-0.2, 0) is 4.79 Å². The van der Waals surface area contributed by atoms with E-state index in [1.807, 2.05) is 6.92 Å². The topological polar surface area (TPSA) is 49.3 Å². The molecule has 0 spiro atoms. The Hall–Kier alpha value is -0.570. The zero-order valence-electron chi connectivity index (χ0n) is 11.5. The summed E-state index contributed by atoms with van der Waals surface area (Å²) in [5.41, 5.74) is 0.404. The van der Waals surface area contributed by atoms with Gasteiger partial charge in [0.1, 0.15) is 0 Å². The van der Waals surface area contributed by atoms with Crippen LogP contribution in [0.5, 0.6) is 0 Å². The highest BCUT2D eigenvalue weighted by Crippen LogP contribution is 2.39. The zero-order chi connectivity index (χ0) is 12.9. The first kappa shape index (κ1) is 14.5. The molecule has 1 fully saturated rings. The molecule has 0 bridgehead atoms. The van der Waals surface area contributed by atoms with Gasteiger partial charge in [-0.15, -0.1) is 0 Å². The third kappa shape index (κ3) is 5.53. The van der Waals surface area contributed by atoms with Crippen molar-refractivity contribution in [3.63, 3.8) is 0 Å². The largest absolute Gasteiger partial charge is 0.396 e. The quantitative estimate of drug-likeness (QED) is 0.776. The molecule has 100 valence electrons. The molecule has 1 saturated carbocycles. The summed E-state index contributed by atoms with van der Waals surface area (Å²) < 4.78 is 0. The summed E-state index contributed by atoms with van der Waals surface area (Å²) >= 11 is 0. The number of nitrogens with one attached hydrogen (secondary N) is 1. The summed E-state index contributed by atoms with van der Waals surface area (Å²) in [7, 11) is 0. The van der Waals surface area contributed by atoms with E-state index in [1.165, 1.54) is 19.3 Å². The molecule has 0 aliphatic heterocycles. The second-order valence-electron chi connectivity index (χ2n) is 6.42. The Balaban J connectivity index is 2.26. The van der Waals surface area contributed by atoms with Gasteiger partial charge in [-0.2, -0.15) is 0 Å². The van der Waals surface area contributed by atoms with Crippen LogP contribution in [0.15, 0.2) is 0 Å². The van der Waals surface area contributed by atoms with Crippen molar-refractivity contribution in [2.75, 3.05) is 13.2 Å². The van der Waals surface area contributed by atoms with E-state index >= 15 is 0 Å². The molecular weight excluding hydrogens is 214 g/mol. The van der Waals surface area contributed by atoms with E-state index in [1.54, 1.807) is 0 Å². The summed E-state index contributed by atoms with van der Waals surface area (Å²) in [5.74, 6) is 0.845. The molecule has 0 saturated heterocycles. The fraction of sp³-hybridized carbons (Fsp3) is 0.929. The standard InChI is InChI=1S/C14H27NO2/c1-11(10-16)9-15-13(17)7-12-5-4-6-14(2,3)8-12/h11-12,16H,4-10H2,1-3H3,(H,15,17). The van der Waals surface area contributed by atoms with Gasteiger partial charge in [0.2, 0.25) is 5.91 Å². The van der Waals surface area contributed by atoms with Crippen molar-refractivity contribution in [1.29, 1.82) is 0 Å². The molecule has 2 N–H and O–H groups in total. The lowest BCUT2D eigenvalue weighted by Gasteiger charge is -2.35. The highest BCUT2D eigenvalue weighted by molar-refractivity contribution is 5.76. The van der Waals surface area contributed by atoms with Crippen molar-refractivity contribution in [2.24, 2.45) is 17.3 Å². The highest BCUT2D eigenvalue weighted by atomic mass is 16.3. The van der Waals surface area contributed by atoms with Crippen LogP contribution in [0.25, 0.3) is 0 Å². The van der Waals surface area contributed by atoms with Crippen LogP contribution in [0.4, 0.5) is 0 Å². The Morgan fingerprint density at radius 3 is 2.82 bits per heavy atom. The molecule has 0 heterocycles. The molecule has 0 radical (unpaired) electrons. The molecule has 17 heavy (non-hydrogen) atoms. The number of aliphatic hydroxyl groups excluding tert-OH is 1. The van der Waals surface area contributed by atoms with Gasteiger partial charge in [0.05, 0.1) is 0 Å². The number of amides is 1. The van der Waals surface area contributed by atoms with Gasteiger partial charge in [0.25, 0.3) is 0 Å². The molecule has 1 aliphatic carbocycles. The molecule has 3 heteroatoms. The zero-order valence-corrected chi connectivity index (χ0v) is 11.5. The first-order chi connectivity index (χ1) is 7.93. The summed E-state index contributed by atoms with van der Waals surface area (Å²) in [6.45, 7) is 7.25. The number of hydrogen-bond acceptors (Lipinski definition) is 2. The summed E-state index contributed by atoms with van der Waals surface area (Å²) in [5, 5.41) is 11.8. The Bertz CT molecular complexity index is 251. The van der Waals surface area contributed by atoms with Crippen LogP contribution in [0, 0.1) is 17.3 Å². The molecule has 1 aliphatic rings. The van der Waals surface area contributed by atoms with E-state index in [4.69, 9.17) is 5.11 Å². The maximum Gasteiger partial charge on any atom is 0.220 e. The molecule has 0 aromatic heterocycles. The molecular formula is C14H27NO2. The predicted octanol–water partition coefficient (Wildman–Crippen LogP) is 2.34. The van der Waals surface area contributed by atoms with Gasteiger partial charge in [-0.3, -0.25) is 4.79 Å². The maximum absolute atomic E-state index is 11.7. The lowest BCUT2D eigenvalue weighted by atomic mass is 9.71. The van der Waals surface area contributed by atoms with Crippen LogP contribution >= 0.6 is 0 Å². The van der Waals surface area contributed by atoms with Crippen molar-refractivity contribution in [1.82, 2.24) is 5.32 Å². The Kier molecular flexibility index (Phi) is 5.44. The molecule has 2 atom stereocenters. The fourth-order valence-corrected chi connectivity index (χ4v) is 2.72. The van der Waals surface area contributed by atoms with Gasteiger partial charge < -0.3 is 10.4 Å². The van der Waals surface area contributed by atoms with Crippen molar-refractivity contribution in [3.8, 4) is 0 Å². The average Bonchev–Trinajstić information content (AvgIpc) is 2.24. The van der Waals surface area contributed by atoms with Gasteiger partial charge in [0, 0.05) is 19.6 Å². The SMILES string of the molecule is CC(CO)CNC(=O)CC1CCCC(C)(C)C1. The van der Waals surface area contributed by atoms with E-state index in [-0.39, 0.29) is 18.4 Å².